The molecule has 1 aliphatic rings. The van der Waals surface area contributed by atoms with E-state index in [2.05, 4.69) is 16.4 Å². The van der Waals surface area contributed by atoms with Gasteiger partial charge in [-0.2, -0.15) is 0 Å². The normalized spacial score (nSPS) is 22.3. The second-order valence-corrected chi connectivity index (χ2v) is 6.22. The molecule has 86 valence electrons. The van der Waals surface area contributed by atoms with Crippen LogP contribution in [0, 0.1) is 0 Å². The van der Waals surface area contributed by atoms with Gasteiger partial charge in [0.05, 0.1) is 20.5 Å². The molecule has 1 aromatic carbocycles. The third kappa shape index (κ3) is 2.08. The predicted molar refractivity (Wildman–Crippen MR) is 72.8 cm³/mol. The van der Waals surface area contributed by atoms with E-state index in [4.69, 9.17) is 0 Å². The van der Waals surface area contributed by atoms with Crippen LogP contribution < -0.4 is 5.32 Å². The van der Waals surface area contributed by atoms with Crippen molar-refractivity contribution >= 4 is 45.3 Å². The first-order chi connectivity index (χ1) is 8.22. The van der Waals surface area contributed by atoms with Crippen LogP contribution in [0.25, 0.3) is 16.3 Å². The molecule has 2 heterocycles. The van der Waals surface area contributed by atoms with Gasteiger partial charge in [0.15, 0.2) is 0 Å². The fourth-order valence-corrected chi connectivity index (χ4v) is 3.50. The van der Waals surface area contributed by atoms with Crippen molar-refractivity contribution in [3.8, 4) is 0 Å². The molecule has 1 atom stereocenters. The van der Waals surface area contributed by atoms with Gasteiger partial charge in [0.2, 0.25) is 5.91 Å². The molecule has 17 heavy (non-hydrogen) atoms. The molecule has 0 aliphatic carbocycles. The number of carbonyl (C=O) groups is 1. The van der Waals surface area contributed by atoms with Gasteiger partial charge in [-0.1, -0.05) is 23.9 Å². The number of hydrogen-bond acceptors (Lipinski definition) is 4. The largest absolute Gasteiger partial charge is 0.320 e. The van der Waals surface area contributed by atoms with Crippen molar-refractivity contribution in [2.24, 2.45) is 0 Å². The SMILES string of the molecule is C[C@H]1S/C(=C/c2nc3ccccc3s2)NC1=O. The Kier molecular flexibility index (Phi) is 2.64. The Morgan fingerprint density at radius 1 is 1.41 bits per heavy atom. The van der Waals surface area contributed by atoms with Gasteiger partial charge in [-0.25, -0.2) is 4.98 Å². The summed E-state index contributed by atoms with van der Waals surface area (Å²) >= 11 is 3.18. The molecule has 3 nitrogen and oxygen atoms in total. The van der Waals surface area contributed by atoms with Gasteiger partial charge in [-0.15, -0.1) is 11.3 Å². The molecular weight excluding hydrogens is 252 g/mol. The number of carbonyl (C=O) groups excluding carboxylic acids is 1. The van der Waals surface area contributed by atoms with Crippen LogP contribution in [0.2, 0.25) is 0 Å². The van der Waals surface area contributed by atoms with E-state index in [9.17, 15) is 4.79 Å². The van der Waals surface area contributed by atoms with Gasteiger partial charge in [0, 0.05) is 6.08 Å². The molecule has 1 amide bonds. The lowest BCUT2D eigenvalue weighted by Crippen LogP contribution is -2.19. The zero-order valence-corrected chi connectivity index (χ0v) is 10.8. The molecule has 2 aromatic rings. The number of benzene rings is 1. The molecule has 1 saturated heterocycles. The number of fused-ring (bicyclic) bond motifs is 1. The van der Waals surface area contributed by atoms with Crippen molar-refractivity contribution in [1.82, 2.24) is 10.3 Å². The number of rotatable bonds is 1. The minimum atomic E-state index is -0.00405. The van der Waals surface area contributed by atoms with Crippen molar-refractivity contribution in [2.75, 3.05) is 0 Å². The molecule has 0 bridgehead atoms. The lowest BCUT2D eigenvalue weighted by molar-refractivity contribution is -0.118. The number of aromatic nitrogens is 1. The zero-order chi connectivity index (χ0) is 11.8. The van der Waals surface area contributed by atoms with E-state index in [1.54, 1.807) is 23.1 Å². The quantitative estimate of drug-likeness (QED) is 0.859. The highest BCUT2D eigenvalue weighted by molar-refractivity contribution is 8.04. The fourth-order valence-electron chi connectivity index (χ4n) is 1.63. The Hall–Kier alpha value is -1.33. The molecule has 1 aromatic heterocycles. The number of amides is 1. The Morgan fingerprint density at radius 2 is 2.24 bits per heavy atom. The molecular formula is C12H10N2OS2. The van der Waals surface area contributed by atoms with Crippen LogP contribution in [0.15, 0.2) is 29.3 Å². The molecule has 3 rings (SSSR count). The van der Waals surface area contributed by atoms with Crippen molar-refractivity contribution < 1.29 is 4.79 Å². The Balaban J connectivity index is 1.95. The van der Waals surface area contributed by atoms with E-state index in [-0.39, 0.29) is 11.2 Å². The number of para-hydroxylation sites is 1. The average molecular weight is 262 g/mol. The monoisotopic (exact) mass is 262 g/mol. The second kappa shape index (κ2) is 4.16. The highest BCUT2D eigenvalue weighted by Gasteiger charge is 2.24. The van der Waals surface area contributed by atoms with E-state index in [1.807, 2.05) is 31.2 Å². The summed E-state index contributed by atoms with van der Waals surface area (Å²) in [6.07, 6.45) is 1.94. The highest BCUT2D eigenvalue weighted by atomic mass is 32.2. The average Bonchev–Trinajstić information content (AvgIpc) is 2.83. The van der Waals surface area contributed by atoms with E-state index >= 15 is 0 Å². The minimum Gasteiger partial charge on any atom is -0.320 e. The van der Waals surface area contributed by atoms with E-state index in [1.165, 1.54) is 4.70 Å². The summed E-state index contributed by atoms with van der Waals surface area (Å²) in [6, 6.07) is 8.04. The van der Waals surface area contributed by atoms with Crippen molar-refractivity contribution in [1.29, 1.82) is 0 Å². The summed E-state index contributed by atoms with van der Waals surface area (Å²) in [5.41, 5.74) is 1.01. The molecule has 1 N–H and O–H groups in total. The summed E-state index contributed by atoms with van der Waals surface area (Å²) < 4.78 is 1.17. The number of thiazole rings is 1. The molecule has 0 unspecified atom stereocenters. The fraction of sp³-hybridized carbons (Fsp3) is 0.167. The Labute approximate surface area is 107 Å². The summed E-state index contributed by atoms with van der Waals surface area (Å²) in [5.74, 6) is 0.0716. The molecule has 0 saturated carbocycles. The van der Waals surface area contributed by atoms with Crippen molar-refractivity contribution in [3.05, 3.63) is 34.3 Å². The zero-order valence-electron chi connectivity index (χ0n) is 9.14. The predicted octanol–water partition coefficient (Wildman–Crippen LogP) is 2.85. The number of hydrogen-bond donors (Lipinski definition) is 1. The van der Waals surface area contributed by atoms with Crippen molar-refractivity contribution in [3.63, 3.8) is 0 Å². The van der Waals surface area contributed by atoms with Crippen LogP contribution in [0.1, 0.15) is 11.9 Å². The lowest BCUT2D eigenvalue weighted by atomic mass is 10.3. The van der Waals surface area contributed by atoms with Gasteiger partial charge in [-0.3, -0.25) is 4.79 Å². The number of nitrogens with one attached hydrogen (secondary N) is 1. The molecule has 0 spiro atoms. The Morgan fingerprint density at radius 3 is 2.94 bits per heavy atom. The van der Waals surface area contributed by atoms with Crippen LogP contribution in [-0.2, 0) is 4.79 Å². The summed E-state index contributed by atoms with van der Waals surface area (Å²) in [6.45, 7) is 1.90. The molecule has 1 aliphatic heterocycles. The van der Waals surface area contributed by atoms with Crippen LogP contribution in [0.5, 0.6) is 0 Å². The summed E-state index contributed by atoms with van der Waals surface area (Å²) in [4.78, 5) is 15.9. The lowest BCUT2D eigenvalue weighted by Gasteiger charge is -1.92. The van der Waals surface area contributed by atoms with Crippen LogP contribution >= 0.6 is 23.1 Å². The Bertz CT molecular complexity index is 585. The maximum Gasteiger partial charge on any atom is 0.238 e. The number of thioether (sulfide) groups is 1. The first-order valence-corrected chi connectivity index (χ1v) is 6.97. The van der Waals surface area contributed by atoms with Gasteiger partial charge in [0.1, 0.15) is 5.01 Å². The highest BCUT2D eigenvalue weighted by Crippen LogP contribution is 2.30. The maximum atomic E-state index is 11.4. The van der Waals surface area contributed by atoms with E-state index in [0.29, 0.717) is 0 Å². The van der Waals surface area contributed by atoms with Gasteiger partial charge < -0.3 is 5.32 Å². The first kappa shape index (κ1) is 10.8. The van der Waals surface area contributed by atoms with Crippen LogP contribution in [-0.4, -0.2) is 16.1 Å². The maximum absolute atomic E-state index is 11.4. The number of nitrogens with zero attached hydrogens (tertiary/aromatic N) is 1. The third-order valence-corrected chi connectivity index (χ3v) is 4.51. The van der Waals surface area contributed by atoms with Gasteiger partial charge >= 0.3 is 0 Å². The molecule has 0 radical (unpaired) electrons. The minimum absolute atomic E-state index is 0.00405. The van der Waals surface area contributed by atoms with Crippen molar-refractivity contribution in [2.45, 2.75) is 12.2 Å². The standard InChI is InChI=1S/C12H10N2OS2/c1-7-12(15)14-11(16-7)6-10-13-8-4-2-3-5-9(8)17-10/h2-7H,1H3,(H,14,15)/b11-6+/t7-/m1/s1. The van der Waals surface area contributed by atoms with E-state index in [0.717, 1.165) is 15.6 Å². The van der Waals surface area contributed by atoms with E-state index < -0.39 is 0 Å². The first-order valence-electron chi connectivity index (χ1n) is 5.27. The second-order valence-electron chi connectivity index (χ2n) is 3.78. The molecule has 1 fully saturated rings. The third-order valence-electron chi connectivity index (χ3n) is 2.48. The van der Waals surface area contributed by atoms with Gasteiger partial charge in [0.25, 0.3) is 0 Å². The van der Waals surface area contributed by atoms with Crippen LogP contribution in [0.3, 0.4) is 0 Å². The smallest absolute Gasteiger partial charge is 0.238 e. The summed E-state index contributed by atoms with van der Waals surface area (Å²) in [5, 5.41) is 4.67. The summed E-state index contributed by atoms with van der Waals surface area (Å²) in [7, 11) is 0. The van der Waals surface area contributed by atoms with Crippen LogP contribution in [0.4, 0.5) is 0 Å². The topological polar surface area (TPSA) is 42.0 Å². The molecule has 5 heteroatoms. The van der Waals surface area contributed by atoms with Gasteiger partial charge in [-0.05, 0) is 19.1 Å².